The van der Waals surface area contributed by atoms with Crippen LogP contribution in [-0.2, 0) is 21.2 Å². The lowest BCUT2D eigenvalue weighted by atomic mass is 10.1. The summed E-state index contributed by atoms with van der Waals surface area (Å²) < 4.78 is 29.3. The van der Waals surface area contributed by atoms with Gasteiger partial charge in [0.2, 0.25) is 15.9 Å². The van der Waals surface area contributed by atoms with Crippen molar-refractivity contribution in [1.82, 2.24) is 4.72 Å². The van der Waals surface area contributed by atoms with Gasteiger partial charge >= 0.3 is 0 Å². The van der Waals surface area contributed by atoms with Crippen molar-refractivity contribution in [1.29, 1.82) is 0 Å². The third-order valence-electron chi connectivity index (χ3n) is 4.51. The Balaban J connectivity index is 1.87. The molecule has 0 aliphatic rings. The van der Waals surface area contributed by atoms with E-state index in [1.165, 1.54) is 12.1 Å². The minimum absolute atomic E-state index is 0.125. The monoisotopic (exact) mass is 534 g/mol. The van der Waals surface area contributed by atoms with Gasteiger partial charge in [-0.1, -0.05) is 36.4 Å². The summed E-state index contributed by atoms with van der Waals surface area (Å²) in [6.07, 6.45) is 0.237. The zero-order valence-corrected chi connectivity index (χ0v) is 19.7. The second-order valence-corrected chi connectivity index (χ2v) is 10.1. The first-order valence-electron chi connectivity index (χ1n) is 9.44. The van der Waals surface area contributed by atoms with E-state index in [2.05, 4.69) is 32.6 Å². The number of halogens is 1. The molecule has 30 heavy (non-hydrogen) atoms. The Labute approximate surface area is 191 Å². The van der Waals surface area contributed by atoms with Gasteiger partial charge in [0.25, 0.3) is 0 Å². The quantitative estimate of drug-likeness (QED) is 0.441. The number of anilines is 1. The molecule has 3 rings (SSSR count). The fraction of sp³-hybridized carbons (Fsp3) is 0.174. The van der Waals surface area contributed by atoms with Gasteiger partial charge in [-0.15, -0.1) is 0 Å². The Morgan fingerprint density at radius 1 is 0.933 bits per heavy atom. The molecule has 0 saturated carbocycles. The van der Waals surface area contributed by atoms with E-state index in [4.69, 9.17) is 0 Å². The summed E-state index contributed by atoms with van der Waals surface area (Å²) in [5, 5.41) is 2.86. The number of amides is 1. The Hall–Kier alpha value is -2.23. The molecule has 0 aliphatic carbocycles. The summed E-state index contributed by atoms with van der Waals surface area (Å²) in [7, 11) is -3.86. The van der Waals surface area contributed by atoms with E-state index in [-0.39, 0.29) is 11.3 Å². The number of nitrogens with one attached hydrogen (secondary N) is 2. The third-order valence-corrected chi connectivity index (χ3v) is 6.72. The highest BCUT2D eigenvalue weighted by Crippen LogP contribution is 2.17. The van der Waals surface area contributed by atoms with E-state index in [0.29, 0.717) is 5.69 Å². The molecule has 0 heterocycles. The molecular formula is C23H23IN2O3S. The lowest BCUT2D eigenvalue weighted by Gasteiger charge is -2.19. The fourth-order valence-electron chi connectivity index (χ4n) is 3.18. The van der Waals surface area contributed by atoms with E-state index >= 15 is 0 Å². The minimum atomic E-state index is -3.86. The van der Waals surface area contributed by atoms with Crippen LogP contribution < -0.4 is 10.0 Å². The molecule has 0 aliphatic heterocycles. The van der Waals surface area contributed by atoms with Gasteiger partial charge in [-0.3, -0.25) is 4.79 Å². The maximum Gasteiger partial charge on any atom is 0.242 e. The van der Waals surface area contributed by atoms with Crippen LogP contribution in [0.25, 0.3) is 0 Å². The first-order valence-corrected chi connectivity index (χ1v) is 12.0. The molecule has 0 spiro atoms. The van der Waals surface area contributed by atoms with Gasteiger partial charge in [0, 0.05) is 9.26 Å². The predicted octanol–water partition coefficient (Wildman–Crippen LogP) is 4.44. The maximum atomic E-state index is 13.1. The van der Waals surface area contributed by atoms with Crippen molar-refractivity contribution < 1.29 is 13.2 Å². The highest BCUT2D eigenvalue weighted by molar-refractivity contribution is 14.1. The molecule has 0 fully saturated rings. The van der Waals surface area contributed by atoms with Crippen molar-refractivity contribution in [3.8, 4) is 0 Å². The SMILES string of the molecule is Cc1cc(C)cc(NC(=O)[C@H](Cc2ccccc2)NS(=O)(=O)c2ccc(I)cc2)c1. The van der Waals surface area contributed by atoms with Gasteiger partial charge in [-0.05, 0) is 95.9 Å². The summed E-state index contributed by atoms with van der Waals surface area (Å²) in [5.74, 6) is -0.405. The van der Waals surface area contributed by atoms with Gasteiger partial charge in [0.1, 0.15) is 6.04 Å². The van der Waals surface area contributed by atoms with Crippen LogP contribution in [0.1, 0.15) is 16.7 Å². The summed E-state index contributed by atoms with van der Waals surface area (Å²) >= 11 is 2.11. The van der Waals surface area contributed by atoms with Crippen LogP contribution in [0.15, 0.2) is 77.7 Å². The molecule has 0 unspecified atom stereocenters. The first-order chi connectivity index (χ1) is 14.2. The number of carbonyl (C=O) groups excluding carboxylic acids is 1. The predicted molar refractivity (Wildman–Crippen MR) is 128 cm³/mol. The molecule has 3 aromatic rings. The zero-order valence-electron chi connectivity index (χ0n) is 16.7. The van der Waals surface area contributed by atoms with Gasteiger partial charge < -0.3 is 5.32 Å². The van der Waals surface area contributed by atoms with E-state index in [1.54, 1.807) is 12.1 Å². The first kappa shape index (κ1) is 22.5. The van der Waals surface area contributed by atoms with Crippen LogP contribution in [0.3, 0.4) is 0 Å². The van der Waals surface area contributed by atoms with Gasteiger partial charge in [-0.2, -0.15) is 4.72 Å². The standard InChI is InChI=1S/C23H23IN2O3S/c1-16-12-17(2)14-20(13-16)25-23(27)22(15-18-6-4-3-5-7-18)26-30(28,29)21-10-8-19(24)9-11-21/h3-14,22,26H,15H2,1-2H3,(H,25,27)/t22-/m0/s1. The smallest absolute Gasteiger partial charge is 0.242 e. The minimum Gasteiger partial charge on any atom is -0.325 e. The average Bonchev–Trinajstić information content (AvgIpc) is 2.67. The average molecular weight is 534 g/mol. The van der Waals surface area contributed by atoms with Gasteiger partial charge in [-0.25, -0.2) is 8.42 Å². The van der Waals surface area contributed by atoms with Gasteiger partial charge in [0.05, 0.1) is 4.90 Å². The number of hydrogen-bond donors (Lipinski definition) is 2. The van der Waals surface area contributed by atoms with Crippen molar-refractivity contribution in [3.05, 3.63) is 93.1 Å². The van der Waals surface area contributed by atoms with Crippen molar-refractivity contribution in [2.24, 2.45) is 0 Å². The molecule has 3 aromatic carbocycles. The zero-order chi connectivity index (χ0) is 21.7. The van der Waals surface area contributed by atoms with Gasteiger partial charge in [0.15, 0.2) is 0 Å². The molecule has 7 heteroatoms. The topological polar surface area (TPSA) is 75.3 Å². The highest BCUT2D eigenvalue weighted by atomic mass is 127. The fourth-order valence-corrected chi connectivity index (χ4v) is 4.74. The second kappa shape index (κ2) is 9.72. The lowest BCUT2D eigenvalue weighted by molar-refractivity contribution is -0.117. The van der Waals surface area contributed by atoms with Crippen LogP contribution in [-0.4, -0.2) is 20.4 Å². The van der Waals surface area contributed by atoms with E-state index in [0.717, 1.165) is 20.3 Å². The van der Waals surface area contributed by atoms with Crippen molar-refractivity contribution in [2.45, 2.75) is 31.2 Å². The second-order valence-electron chi connectivity index (χ2n) is 7.18. The molecule has 0 bridgehead atoms. The molecular weight excluding hydrogens is 511 g/mol. The molecule has 0 radical (unpaired) electrons. The maximum absolute atomic E-state index is 13.1. The summed E-state index contributed by atoms with van der Waals surface area (Å²) in [6.45, 7) is 3.90. The molecule has 1 atom stereocenters. The van der Waals surface area contributed by atoms with E-state index in [1.807, 2.05) is 62.4 Å². The Bertz CT molecular complexity index is 1110. The molecule has 2 N–H and O–H groups in total. The van der Waals surface area contributed by atoms with Crippen molar-refractivity contribution in [2.75, 3.05) is 5.32 Å². The van der Waals surface area contributed by atoms with Crippen LogP contribution in [0.5, 0.6) is 0 Å². The number of sulfonamides is 1. The van der Waals surface area contributed by atoms with Crippen LogP contribution in [0, 0.1) is 17.4 Å². The Morgan fingerprint density at radius 2 is 1.53 bits per heavy atom. The van der Waals surface area contributed by atoms with Crippen LogP contribution >= 0.6 is 22.6 Å². The third kappa shape index (κ3) is 6.13. The molecule has 0 aromatic heterocycles. The van der Waals surface area contributed by atoms with Crippen molar-refractivity contribution >= 4 is 44.2 Å². The number of benzene rings is 3. The summed E-state index contributed by atoms with van der Waals surface area (Å²) in [5.41, 5.74) is 3.54. The number of carbonyl (C=O) groups is 1. The van der Waals surface area contributed by atoms with Crippen LogP contribution in [0.4, 0.5) is 5.69 Å². The summed E-state index contributed by atoms with van der Waals surface area (Å²) in [6, 6.07) is 20.6. The van der Waals surface area contributed by atoms with E-state index in [9.17, 15) is 13.2 Å². The Kier molecular flexibility index (Phi) is 7.27. The summed E-state index contributed by atoms with van der Waals surface area (Å²) in [4.78, 5) is 13.2. The van der Waals surface area contributed by atoms with Crippen molar-refractivity contribution in [3.63, 3.8) is 0 Å². The number of aryl methyl sites for hydroxylation is 2. The molecule has 1 amide bonds. The molecule has 5 nitrogen and oxygen atoms in total. The number of rotatable bonds is 7. The lowest BCUT2D eigenvalue weighted by Crippen LogP contribution is -2.45. The largest absolute Gasteiger partial charge is 0.325 e. The Morgan fingerprint density at radius 3 is 2.13 bits per heavy atom. The number of hydrogen-bond acceptors (Lipinski definition) is 3. The van der Waals surface area contributed by atoms with Crippen LogP contribution in [0.2, 0.25) is 0 Å². The molecule has 156 valence electrons. The highest BCUT2D eigenvalue weighted by Gasteiger charge is 2.26. The van der Waals surface area contributed by atoms with E-state index < -0.39 is 22.0 Å². The normalized spacial score (nSPS) is 12.4. The molecule has 0 saturated heterocycles.